The Labute approximate surface area is 77.2 Å². The van der Waals surface area contributed by atoms with Crippen molar-refractivity contribution in [3.05, 3.63) is 22.8 Å². The van der Waals surface area contributed by atoms with Crippen LogP contribution in [0.1, 0.15) is 39.5 Å². The summed E-state index contributed by atoms with van der Waals surface area (Å²) in [6.07, 6.45) is 8.14. The van der Waals surface area contributed by atoms with Crippen LogP contribution in [0.5, 0.6) is 0 Å². The molecular weight excluding hydrogens is 143 g/mol. The fourth-order valence-corrected chi connectivity index (χ4v) is 1.86. The van der Waals surface area contributed by atoms with Crippen LogP contribution in [0.4, 0.5) is 0 Å². The molecule has 0 unspecified atom stereocenters. The predicted octanol–water partition coefficient (Wildman–Crippen LogP) is 3.41. The summed E-state index contributed by atoms with van der Waals surface area (Å²) in [5.41, 5.74) is 4.44. The van der Waals surface area contributed by atoms with Crippen LogP contribution in [0.2, 0.25) is 6.32 Å². The van der Waals surface area contributed by atoms with Gasteiger partial charge in [0.2, 0.25) is 0 Å². The zero-order valence-electron chi connectivity index (χ0n) is 8.19. The summed E-state index contributed by atoms with van der Waals surface area (Å²) in [6.45, 7) is 4.29. The van der Waals surface area contributed by atoms with Crippen molar-refractivity contribution in [3.63, 3.8) is 0 Å². The van der Waals surface area contributed by atoms with Gasteiger partial charge in [-0.25, -0.2) is 0 Å². The maximum absolute atomic E-state index is 5.63. The largest absolute Gasteiger partial charge is 0.0842 e. The highest BCUT2D eigenvalue weighted by molar-refractivity contribution is 6.10. The maximum atomic E-state index is 5.63. The Bertz CT molecular complexity index is 208. The first kappa shape index (κ1) is 9.63. The summed E-state index contributed by atoms with van der Waals surface area (Å²) in [5.74, 6) is 0. The molecule has 0 bridgehead atoms. The lowest BCUT2D eigenvalue weighted by Crippen LogP contribution is -2.01. The second-order valence-electron chi connectivity index (χ2n) is 3.48. The molecule has 0 atom stereocenters. The minimum atomic E-state index is 0.715. The van der Waals surface area contributed by atoms with E-state index in [4.69, 9.17) is 7.85 Å². The highest BCUT2D eigenvalue weighted by Gasteiger charge is 2.11. The van der Waals surface area contributed by atoms with Gasteiger partial charge in [-0.05, 0) is 50.7 Å². The van der Waals surface area contributed by atoms with Crippen LogP contribution in [0.3, 0.4) is 0 Å². The molecule has 1 aliphatic rings. The molecule has 12 heavy (non-hydrogen) atoms. The van der Waals surface area contributed by atoms with Crippen LogP contribution in [0, 0.1) is 0 Å². The Kier molecular flexibility index (Phi) is 3.64. The molecular formula is C11H17B. The maximum Gasteiger partial charge on any atom is 0.0712 e. The van der Waals surface area contributed by atoms with Gasteiger partial charge in [0.15, 0.2) is 0 Å². The molecule has 1 saturated carbocycles. The third-order valence-electron chi connectivity index (χ3n) is 2.68. The van der Waals surface area contributed by atoms with Crippen molar-refractivity contribution in [2.45, 2.75) is 45.9 Å². The van der Waals surface area contributed by atoms with Gasteiger partial charge in [-0.2, -0.15) is 0 Å². The first-order valence-electron chi connectivity index (χ1n) is 4.83. The molecule has 0 N–H and O–H groups in total. The van der Waals surface area contributed by atoms with Gasteiger partial charge in [-0.15, -0.1) is 0 Å². The molecule has 2 radical (unpaired) electrons. The molecule has 1 aliphatic carbocycles. The Morgan fingerprint density at radius 2 is 2.08 bits per heavy atom. The molecule has 0 aliphatic heterocycles. The molecule has 1 rings (SSSR count). The third kappa shape index (κ3) is 2.03. The van der Waals surface area contributed by atoms with Crippen LogP contribution < -0.4 is 0 Å². The van der Waals surface area contributed by atoms with Gasteiger partial charge in [0, 0.05) is 0 Å². The molecule has 0 saturated heterocycles. The van der Waals surface area contributed by atoms with E-state index in [1.54, 1.807) is 0 Å². The van der Waals surface area contributed by atoms with E-state index in [1.165, 1.54) is 42.4 Å². The van der Waals surface area contributed by atoms with Crippen molar-refractivity contribution in [2.75, 3.05) is 0 Å². The van der Waals surface area contributed by atoms with Crippen LogP contribution in [0.25, 0.3) is 0 Å². The normalized spacial score (nSPS) is 26.0. The second kappa shape index (κ2) is 4.54. The highest BCUT2D eigenvalue weighted by atomic mass is 14.2. The van der Waals surface area contributed by atoms with Gasteiger partial charge < -0.3 is 0 Å². The number of hydrogen-bond donors (Lipinski definition) is 0. The van der Waals surface area contributed by atoms with E-state index < -0.39 is 0 Å². The summed E-state index contributed by atoms with van der Waals surface area (Å²) in [7, 11) is 5.63. The van der Waals surface area contributed by atoms with Crippen LogP contribution in [0.15, 0.2) is 22.8 Å². The van der Waals surface area contributed by atoms with Crippen molar-refractivity contribution in [3.8, 4) is 0 Å². The molecule has 0 heterocycles. The molecule has 1 heteroatoms. The lowest BCUT2D eigenvalue weighted by molar-refractivity contribution is 0.672. The van der Waals surface area contributed by atoms with Crippen molar-refractivity contribution in [2.24, 2.45) is 0 Å². The SMILES string of the molecule is [B]C/C(C)=C1\CCCC\C1=C\C. The summed E-state index contributed by atoms with van der Waals surface area (Å²) in [4.78, 5) is 0. The first-order valence-corrected chi connectivity index (χ1v) is 4.83. The molecule has 0 nitrogen and oxygen atoms in total. The summed E-state index contributed by atoms with van der Waals surface area (Å²) in [6, 6.07) is 0. The van der Waals surface area contributed by atoms with Gasteiger partial charge in [-0.3, -0.25) is 0 Å². The van der Waals surface area contributed by atoms with Crippen molar-refractivity contribution >= 4 is 7.85 Å². The van der Waals surface area contributed by atoms with E-state index in [1.807, 2.05) is 0 Å². The van der Waals surface area contributed by atoms with Crippen molar-refractivity contribution < 1.29 is 0 Å². The van der Waals surface area contributed by atoms with E-state index >= 15 is 0 Å². The average Bonchev–Trinajstić information content (AvgIpc) is 2.16. The van der Waals surface area contributed by atoms with Gasteiger partial charge in [0.1, 0.15) is 0 Å². The molecule has 1 fully saturated rings. The predicted molar refractivity (Wildman–Crippen MR) is 55.5 cm³/mol. The number of hydrogen-bond acceptors (Lipinski definition) is 0. The smallest absolute Gasteiger partial charge is 0.0712 e. The fraction of sp³-hybridized carbons (Fsp3) is 0.636. The van der Waals surface area contributed by atoms with Gasteiger partial charge in [0.05, 0.1) is 7.85 Å². The number of allylic oxidation sites excluding steroid dienone is 4. The van der Waals surface area contributed by atoms with E-state index in [0.29, 0.717) is 6.32 Å². The van der Waals surface area contributed by atoms with E-state index in [-0.39, 0.29) is 0 Å². The van der Waals surface area contributed by atoms with E-state index in [9.17, 15) is 0 Å². The quantitative estimate of drug-likeness (QED) is 0.515. The van der Waals surface area contributed by atoms with E-state index in [2.05, 4.69) is 19.9 Å². The zero-order chi connectivity index (χ0) is 8.97. The first-order chi connectivity index (χ1) is 5.79. The topological polar surface area (TPSA) is 0 Å². The molecule has 0 aromatic carbocycles. The van der Waals surface area contributed by atoms with Crippen molar-refractivity contribution in [1.29, 1.82) is 0 Å². The van der Waals surface area contributed by atoms with Gasteiger partial charge in [-0.1, -0.05) is 18.0 Å². The molecule has 0 aromatic rings. The zero-order valence-corrected chi connectivity index (χ0v) is 8.19. The van der Waals surface area contributed by atoms with Crippen LogP contribution in [-0.2, 0) is 0 Å². The van der Waals surface area contributed by atoms with Crippen LogP contribution >= 0.6 is 0 Å². The standard InChI is InChI=1S/C11H17B/c1-3-10-6-4-5-7-11(10)9(2)8-12/h3H,4-8H2,1-2H3/b10-3-,11-9+. The Morgan fingerprint density at radius 1 is 1.42 bits per heavy atom. The molecule has 0 spiro atoms. The minimum Gasteiger partial charge on any atom is -0.0842 e. The monoisotopic (exact) mass is 160 g/mol. The second-order valence-corrected chi connectivity index (χ2v) is 3.48. The molecule has 64 valence electrons. The molecule has 0 aromatic heterocycles. The lowest BCUT2D eigenvalue weighted by atomic mass is 9.83. The Morgan fingerprint density at radius 3 is 2.67 bits per heavy atom. The molecule has 0 amide bonds. The third-order valence-corrected chi connectivity index (χ3v) is 2.68. The summed E-state index contributed by atoms with van der Waals surface area (Å²) in [5, 5.41) is 0. The van der Waals surface area contributed by atoms with Crippen molar-refractivity contribution in [1.82, 2.24) is 0 Å². The summed E-state index contributed by atoms with van der Waals surface area (Å²) < 4.78 is 0. The minimum absolute atomic E-state index is 0.715. The highest BCUT2D eigenvalue weighted by Crippen LogP contribution is 2.31. The van der Waals surface area contributed by atoms with Gasteiger partial charge in [0.25, 0.3) is 0 Å². The summed E-state index contributed by atoms with van der Waals surface area (Å²) >= 11 is 0. The lowest BCUT2D eigenvalue weighted by Gasteiger charge is -2.20. The fourth-order valence-electron chi connectivity index (χ4n) is 1.86. The Balaban J connectivity index is 2.85. The Hall–Kier alpha value is -0.455. The number of rotatable bonds is 1. The average molecular weight is 160 g/mol. The van der Waals surface area contributed by atoms with Crippen LogP contribution in [-0.4, -0.2) is 7.85 Å². The van der Waals surface area contributed by atoms with Gasteiger partial charge >= 0.3 is 0 Å². The van der Waals surface area contributed by atoms with E-state index in [0.717, 1.165) is 0 Å².